The molecule has 0 atom stereocenters. The molecule has 0 aliphatic rings. The molecule has 0 radical (unpaired) electrons. The summed E-state index contributed by atoms with van der Waals surface area (Å²) in [6.07, 6.45) is 1.58. The van der Waals surface area contributed by atoms with Crippen LogP contribution < -0.4 is 14.9 Å². The number of rotatable bonds is 7. The van der Waals surface area contributed by atoms with E-state index in [-0.39, 0.29) is 5.91 Å². The Balaban J connectivity index is 1.53. The third-order valence-corrected chi connectivity index (χ3v) is 4.60. The smallest absolute Gasteiger partial charge is 0.271 e. The molecule has 1 amide bonds. The number of hydrazone groups is 1. The zero-order chi connectivity index (χ0) is 19.8. The number of methoxy groups -OCH3 is 1. The minimum atomic E-state index is -0.275. The lowest BCUT2D eigenvalue weighted by Gasteiger charge is -2.08. The first-order valence-electron chi connectivity index (χ1n) is 8.59. The van der Waals surface area contributed by atoms with Crippen LogP contribution in [0.1, 0.15) is 21.5 Å². The maximum absolute atomic E-state index is 12.2. The second kappa shape index (κ2) is 9.71. The summed E-state index contributed by atoms with van der Waals surface area (Å²) in [5.74, 6) is 1.27. The van der Waals surface area contributed by atoms with Gasteiger partial charge >= 0.3 is 0 Å². The van der Waals surface area contributed by atoms with E-state index >= 15 is 0 Å². The van der Waals surface area contributed by atoms with Crippen LogP contribution in [0.5, 0.6) is 11.5 Å². The van der Waals surface area contributed by atoms with Gasteiger partial charge in [-0.1, -0.05) is 24.3 Å². The van der Waals surface area contributed by atoms with Crippen molar-refractivity contribution in [1.29, 1.82) is 0 Å². The molecule has 5 nitrogen and oxygen atoms in total. The quantitative estimate of drug-likeness (QED) is 0.425. The van der Waals surface area contributed by atoms with Crippen LogP contribution in [0.3, 0.4) is 0 Å². The average molecular weight is 439 g/mol. The fraction of sp³-hybridized carbons (Fsp3) is 0.0909. The van der Waals surface area contributed by atoms with E-state index in [1.54, 1.807) is 25.5 Å². The molecule has 0 unspecified atom stereocenters. The van der Waals surface area contributed by atoms with E-state index in [1.807, 2.05) is 60.7 Å². The van der Waals surface area contributed by atoms with Gasteiger partial charge in [-0.15, -0.1) is 0 Å². The molecule has 0 saturated heterocycles. The van der Waals surface area contributed by atoms with Crippen molar-refractivity contribution in [2.24, 2.45) is 5.10 Å². The second-order valence-corrected chi connectivity index (χ2v) is 6.74. The first-order valence-corrected chi connectivity index (χ1v) is 9.39. The molecule has 28 heavy (non-hydrogen) atoms. The number of nitrogens with zero attached hydrogens (tertiary/aromatic N) is 1. The molecule has 0 saturated carbocycles. The molecule has 3 aromatic rings. The van der Waals surface area contributed by atoms with Gasteiger partial charge < -0.3 is 9.47 Å². The monoisotopic (exact) mass is 438 g/mol. The maximum Gasteiger partial charge on any atom is 0.271 e. The Morgan fingerprint density at radius 1 is 1.04 bits per heavy atom. The third kappa shape index (κ3) is 5.44. The molecule has 0 aliphatic heterocycles. The molecular weight excluding hydrogens is 420 g/mol. The number of nitrogens with one attached hydrogen (secondary N) is 1. The first kappa shape index (κ1) is 19.6. The summed E-state index contributed by atoms with van der Waals surface area (Å²) in [5, 5.41) is 3.99. The number of halogens is 1. The predicted octanol–water partition coefficient (Wildman–Crippen LogP) is 4.80. The Morgan fingerprint density at radius 2 is 1.75 bits per heavy atom. The van der Waals surface area contributed by atoms with E-state index in [1.165, 1.54) is 0 Å². The summed E-state index contributed by atoms with van der Waals surface area (Å²) in [4.78, 5) is 12.2. The van der Waals surface area contributed by atoms with Gasteiger partial charge in [-0.05, 0) is 75.6 Å². The molecule has 142 valence electrons. The van der Waals surface area contributed by atoms with Crippen LogP contribution in [0.4, 0.5) is 0 Å². The van der Waals surface area contributed by atoms with Gasteiger partial charge in [-0.25, -0.2) is 5.43 Å². The van der Waals surface area contributed by atoms with Gasteiger partial charge in [0.05, 0.1) is 17.8 Å². The van der Waals surface area contributed by atoms with Crippen molar-refractivity contribution in [3.05, 3.63) is 94.0 Å². The highest BCUT2D eigenvalue weighted by atomic mass is 79.9. The lowest BCUT2D eigenvalue weighted by Crippen LogP contribution is -2.17. The van der Waals surface area contributed by atoms with Crippen molar-refractivity contribution in [2.75, 3.05) is 7.11 Å². The summed E-state index contributed by atoms with van der Waals surface area (Å²) >= 11 is 3.45. The Kier molecular flexibility index (Phi) is 6.81. The molecular formula is C22H19BrN2O3. The van der Waals surface area contributed by atoms with Gasteiger partial charge in [0.25, 0.3) is 5.91 Å². The minimum absolute atomic E-state index is 0.275. The summed E-state index contributed by atoms with van der Waals surface area (Å²) in [6.45, 7) is 0.417. The van der Waals surface area contributed by atoms with Crippen LogP contribution in [0.25, 0.3) is 0 Å². The van der Waals surface area contributed by atoms with E-state index in [4.69, 9.17) is 9.47 Å². The van der Waals surface area contributed by atoms with Crippen LogP contribution in [-0.4, -0.2) is 19.2 Å². The van der Waals surface area contributed by atoms with Gasteiger partial charge in [-0.3, -0.25) is 4.79 Å². The van der Waals surface area contributed by atoms with Crippen molar-refractivity contribution in [1.82, 2.24) is 5.43 Å². The zero-order valence-corrected chi connectivity index (χ0v) is 16.8. The number of amides is 1. The summed E-state index contributed by atoms with van der Waals surface area (Å²) in [5.41, 5.74) is 4.88. The molecule has 0 bridgehead atoms. The average Bonchev–Trinajstić information content (AvgIpc) is 2.74. The zero-order valence-electron chi connectivity index (χ0n) is 15.3. The fourth-order valence-corrected chi connectivity index (χ4v) is 2.79. The normalized spacial score (nSPS) is 10.6. The van der Waals surface area contributed by atoms with Crippen LogP contribution >= 0.6 is 15.9 Å². The van der Waals surface area contributed by atoms with E-state index < -0.39 is 0 Å². The Morgan fingerprint density at radius 3 is 2.43 bits per heavy atom. The number of hydrogen-bond acceptors (Lipinski definition) is 4. The van der Waals surface area contributed by atoms with Gasteiger partial charge in [0, 0.05) is 5.56 Å². The van der Waals surface area contributed by atoms with Crippen LogP contribution in [-0.2, 0) is 6.61 Å². The van der Waals surface area contributed by atoms with Gasteiger partial charge in [-0.2, -0.15) is 5.10 Å². The number of para-hydroxylation sites is 1. The molecule has 0 aliphatic carbocycles. The lowest BCUT2D eigenvalue weighted by molar-refractivity contribution is 0.0955. The topological polar surface area (TPSA) is 59.9 Å². The summed E-state index contributed by atoms with van der Waals surface area (Å²) in [6, 6.07) is 22.3. The molecule has 1 N–H and O–H groups in total. The largest absolute Gasteiger partial charge is 0.497 e. The number of ether oxygens (including phenoxy) is 2. The van der Waals surface area contributed by atoms with Crippen molar-refractivity contribution >= 4 is 28.1 Å². The third-order valence-electron chi connectivity index (χ3n) is 3.94. The molecule has 0 fully saturated rings. The summed E-state index contributed by atoms with van der Waals surface area (Å²) in [7, 11) is 1.61. The standard InChI is InChI=1S/C22H19BrN2O3/c1-27-19-12-8-16(9-13-19)14-24-25-22(26)18-10-6-17(7-11-18)15-28-21-5-3-2-4-20(21)23/h2-14H,15H2,1H3,(H,25,26). The number of benzene rings is 3. The molecule has 3 aromatic carbocycles. The predicted molar refractivity (Wildman–Crippen MR) is 113 cm³/mol. The van der Waals surface area contributed by atoms with Crippen LogP contribution in [0, 0.1) is 0 Å². The molecule has 0 spiro atoms. The Hall–Kier alpha value is -3.12. The molecule has 0 aromatic heterocycles. The summed E-state index contributed by atoms with van der Waals surface area (Å²) < 4.78 is 11.8. The van der Waals surface area contributed by atoms with E-state index in [9.17, 15) is 4.79 Å². The number of carbonyl (C=O) groups is 1. The van der Waals surface area contributed by atoms with Crippen molar-refractivity contribution in [2.45, 2.75) is 6.61 Å². The Bertz CT molecular complexity index is 954. The second-order valence-electron chi connectivity index (χ2n) is 5.89. The van der Waals surface area contributed by atoms with Crippen molar-refractivity contribution in [3.63, 3.8) is 0 Å². The minimum Gasteiger partial charge on any atom is -0.497 e. The van der Waals surface area contributed by atoms with Crippen molar-refractivity contribution in [3.8, 4) is 11.5 Å². The first-order chi connectivity index (χ1) is 13.7. The van der Waals surface area contributed by atoms with Crippen LogP contribution in [0.15, 0.2) is 82.4 Å². The van der Waals surface area contributed by atoms with E-state index in [0.29, 0.717) is 12.2 Å². The fourth-order valence-electron chi connectivity index (χ4n) is 2.40. The highest BCUT2D eigenvalue weighted by Crippen LogP contribution is 2.24. The van der Waals surface area contributed by atoms with Gasteiger partial charge in [0.2, 0.25) is 0 Å². The van der Waals surface area contributed by atoms with Crippen LogP contribution in [0.2, 0.25) is 0 Å². The number of carbonyl (C=O) groups excluding carboxylic acids is 1. The highest BCUT2D eigenvalue weighted by molar-refractivity contribution is 9.10. The maximum atomic E-state index is 12.2. The Labute approximate surface area is 172 Å². The number of hydrogen-bond donors (Lipinski definition) is 1. The van der Waals surface area contributed by atoms with E-state index in [0.717, 1.165) is 27.1 Å². The molecule has 6 heteroatoms. The van der Waals surface area contributed by atoms with Crippen molar-refractivity contribution < 1.29 is 14.3 Å². The highest BCUT2D eigenvalue weighted by Gasteiger charge is 2.05. The SMILES string of the molecule is COc1ccc(C=NNC(=O)c2ccc(COc3ccccc3Br)cc2)cc1. The van der Waals surface area contributed by atoms with Gasteiger partial charge in [0.15, 0.2) is 0 Å². The van der Waals surface area contributed by atoms with E-state index in [2.05, 4.69) is 26.5 Å². The molecule has 0 heterocycles. The molecule has 3 rings (SSSR count). The van der Waals surface area contributed by atoms with Gasteiger partial charge in [0.1, 0.15) is 18.1 Å². The lowest BCUT2D eigenvalue weighted by atomic mass is 10.1.